The van der Waals surface area contributed by atoms with Crippen molar-refractivity contribution in [3.8, 4) is 0 Å². The minimum atomic E-state index is -0.0779. The summed E-state index contributed by atoms with van der Waals surface area (Å²) in [7, 11) is 0. The number of nitrogens with zero attached hydrogens (tertiary/aromatic N) is 4. The van der Waals surface area contributed by atoms with Gasteiger partial charge < -0.3 is 0 Å². The first-order valence-electron chi connectivity index (χ1n) is 9.23. The van der Waals surface area contributed by atoms with Crippen molar-refractivity contribution in [2.45, 2.75) is 18.4 Å². The first-order valence-corrected chi connectivity index (χ1v) is 11.4. The van der Waals surface area contributed by atoms with Gasteiger partial charge in [0.05, 0.1) is 16.3 Å². The topological polar surface area (TPSA) is 51.0 Å². The first kappa shape index (κ1) is 19.9. The van der Waals surface area contributed by atoms with E-state index in [0.29, 0.717) is 28.8 Å². The average molecular weight is 443 g/mol. The van der Waals surface area contributed by atoms with Crippen LogP contribution in [0.15, 0.2) is 65.8 Å². The normalized spacial score (nSPS) is 11.1. The molecule has 0 atom stereocenters. The summed E-state index contributed by atoms with van der Waals surface area (Å²) in [5.41, 5.74) is 1.37. The van der Waals surface area contributed by atoms with Gasteiger partial charge in [-0.15, -0.1) is 11.8 Å². The lowest BCUT2D eigenvalue weighted by Crippen LogP contribution is -2.34. The highest BCUT2D eigenvalue weighted by atomic mass is 35.5. The van der Waals surface area contributed by atoms with E-state index in [9.17, 15) is 4.79 Å². The molecule has 0 aliphatic heterocycles. The molecule has 0 spiro atoms. The summed E-state index contributed by atoms with van der Waals surface area (Å²) < 4.78 is 2.77. The molecule has 8 heteroatoms. The van der Waals surface area contributed by atoms with Gasteiger partial charge in [0.1, 0.15) is 5.52 Å². The Morgan fingerprint density at radius 2 is 2.10 bits per heavy atom. The Bertz CT molecular complexity index is 1130. The van der Waals surface area contributed by atoms with Crippen molar-refractivity contribution in [1.29, 1.82) is 0 Å². The molecule has 4 rings (SSSR count). The Hall–Kier alpha value is -2.35. The first-order chi connectivity index (χ1) is 14.2. The summed E-state index contributed by atoms with van der Waals surface area (Å²) in [4.78, 5) is 20.9. The number of amides is 1. The van der Waals surface area contributed by atoms with E-state index in [0.717, 1.165) is 20.9 Å². The molecule has 1 amide bonds. The van der Waals surface area contributed by atoms with Gasteiger partial charge in [-0.3, -0.25) is 14.4 Å². The van der Waals surface area contributed by atoms with Crippen LogP contribution in [0.5, 0.6) is 0 Å². The number of hydrogen-bond acceptors (Lipinski definition) is 5. The van der Waals surface area contributed by atoms with Crippen molar-refractivity contribution < 1.29 is 4.79 Å². The van der Waals surface area contributed by atoms with Crippen LogP contribution in [-0.4, -0.2) is 33.0 Å². The summed E-state index contributed by atoms with van der Waals surface area (Å²) in [5.74, 6) is 0.878. The molecule has 0 radical (unpaired) electrons. The fraction of sp³-hybridized carbons (Fsp3) is 0.190. The second-order valence-electron chi connectivity index (χ2n) is 6.27. The molecule has 0 fully saturated rings. The fourth-order valence-electron chi connectivity index (χ4n) is 2.98. The lowest BCUT2D eigenvalue weighted by molar-refractivity contribution is 0.0985. The number of halogens is 1. The number of rotatable bonds is 7. The molecule has 0 unspecified atom stereocenters. The zero-order valence-electron chi connectivity index (χ0n) is 15.8. The number of benzene rings is 2. The largest absolute Gasteiger partial charge is 0.282 e. The third-order valence-corrected chi connectivity index (χ3v) is 6.56. The average Bonchev–Trinajstić information content (AvgIpc) is 3.39. The van der Waals surface area contributed by atoms with Crippen molar-refractivity contribution >= 4 is 56.0 Å². The van der Waals surface area contributed by atoms with Gasteiger partial charge in [0.25, 0.3) is 5.91 Å². The Balaban J connectivity index is 1.69. The molecule has 148 valence electrons. The molecule has 0 saturated heterocycles. The van der Waals surface area contributed by atoms with E-state index in [2.05, 4.69) is 17.0 Å². The monoisotopic (exact) mass is 442 g/mol. The lowest BCUT2D eigenvalue weighted by atomic mass is 10.2. The number of thiazole rings is 1. The van der Waals surface area contributed by atoms with Crippen LogP contribution >= 0.6 is 34.7 Å². The Morgan fingerprint density at radius 3 is 2.86 bits per heavy atom. The minimum Gasteiger partial charge on any atom is -0.282 e. The molecule has 0 N–H and O–H groups in total. The molecule has 0 bridgehead atoms. The van der Waals surface area contributed by atoms with Crippen molar-refractivity contribution in [2.75, 3.05) is 17.2 Å². The van der Waals surface area contributed by atoms with Crippen molar-refractivity contribution in [2.24, 2.45) is 0 Å². The Kier molecular flexibility index (Phi) is 6.18. The van der Waals surface area contributed by atoms with Crippen LogP contribution in [0.25, 0.3) is 10.2 Å². The molecular formula is C21H19ClN4OS2. The van der Waals surface area contributed by atoms with E-state index in [-0.39, 0.29) is 5.91 Å². The minimum absolute atomic E-state index is 0.0779. The molecule has 0 saturated carbocycles. The summed E-state index contributed by atoms with van der Waals surface area (Å²) in [6.45, 7) is 3.13. The van der Waals surface area contributed by atoms with Crippen LogP contribution in [0.1, 0.15) is 17.3 Å². The van der Waals surface area contributed by atoms with E-state index < -0.39 is 0 Å². The highest BCUT2D eigenvalue weighted by Gasteiger charge is 2.22. The highest BCUT2D eigenvalue weighted by Crippen LogP contribution is 2.33. The van der Waals surface area contributed by atoms with Gasteiger partial charge in [0, 0.05) is 29.4 Å². The predicted molar refractivity (Wildman–Crippen MR) is 121 cm³/mol. The Labute approximate surface area is 182 Å². The smallest absolute Gasteiger partial charge is 0.260 e. The SMILES string of the molecule is CCSc1cccc(C(=O)N(CCn2cccn2)c2nc3c(Cl)cccc3s2)c1. The zero-order chi connectivity index (χ0) is 20.2. The molecule has 2 heterocycles. The fourth-order valence-corrected chi connectivity index (χ4v) is 4.99. The van der Waals surface area contributed by atoms with E-state index in [1.807, 2.05) is 59.4 Å². The Morgan fingerprint density at radius 1 is 1.24 bits per heavy atom. The highest BCUT2D eigenvalue weighted by molar-refractivity contribution is 7.99. The zero-order valence-corrected chi connectivity index (χ0v) is 18.2. The van der Waals surface area contributed by atoms with E-state index >= 15 is 0 Å². The van der Waals surface area contributed by atoms with Crippen LogP contribution in [0.3, 0.4) is 0 Å². The molecule has 4 aromatic rings. The number of thioether (sulfide) groups is 1. The van der Waals surface area contributed by atoms with Crippen LogP contribution in [0, 0.1) is 0 Å². The van der Waals surface area contributed by atoms with Crippen LogP contribution < -0.4 is 4.90 Å². The number of anilines is 1. The number of carbonyl (C=O) groups excluding carboxylic acids is 1. The molecule has 0 aliphatic carbocycles. The molecular weight excluding hydrogens is 424 g/mol. The quantitative estimate of drug-likeness (QED) is 0.349. The van der Waals surface area contributed by atoms with Gasteiger partial charge in [-0.1, -0.05) is 42.0 Å². The van der Waals surface area contributed by atoms with Gasteiger partial charge >= 0.3 is 0 Å². The standard InChI is InChI=1S/C21H19ClN4OS2/c1-2-28-16-7-3-6-15(14-16)20(27)26(13-12-25-11-5-10-23-25)21-24-19-17(22)8-4-9-18(19)29-21/h3-11,14H,2,12-13H2,1H3. The number of carbonyl (C=O) groups is 1. The van der Waals surface area contributed by atoms with E-state index in [1.54, 1.807) is 22.9 Å². The predicted octanol–water partition coefficient (Wildman–Crippen LogP) is 5.61. The third kappa shape index (κ3) is 4.47. The summed E-state index contributed by atoms with van der Waals surface area (Å²) in [6, 6.07) is 15.3. The summed E-state index contributed by atoms with van der Waals surface area (Å²) >= 11 is 9.49. The molecule has 2 aromatic carbocycles. The lowest BCUT2D eigenvalue weighted by Gasteiger charge is -2.20. The van der Waals surface area contributed by atoms with Crippen molar-refractivity contribution in [1.82, 2.24) is 14.8 Å². The van der Waals surface area contributed by atoms with Gasteiger partial charge in [-0.25, -0.2) is 4.98 Å². The maximum Gasteiger partial charge on any atom is 0.260 e. The van der Waals surface area contributed by atoms with Gasteiger partial charge in [0.15, 0.2) is 5.13 Å². The summed E-state index contributed by atoms with van der Waals surface area (Å²) in [5, 5.41) is 5.47. The van der Waals surface area contributed by atoms with E-state index in [4.69, 9.17) is 11.6 Å². The third-order valence-electron chi connectivity index (χ3n) is 4.34. The van der Waals surface area contributed by atoms with Crippen molar-refractivity contribution in [3.63, 3.8) is 0 Å². The van der Waals surface area contributed by atoms with Crippen LogP contribution in [0.2, 0.25) is 5.02 Å². The summed E-state index contributed by atoms with van der Waals surface area (Å²) in [6.07, 6.45) is 3.62. The van der Waals surface area contributed by atoms with Crippen molar-refractivity contribution in [3.05, 3.63) is 71.5 Å². The molecule has 29 heavy (non-hydrogen) atoms. The number of fused-ring (bicyclic) bond motifs is 1. The van der Waals surface area contributed by atoms with Crippen LogP contribution in [-0.2, 0) is 6.54 Å². The molecule has 5 nitrogen and oxygen atoms in total. The molecule has 2 aromatic heterocycles. The molecule has 0 aliphatic rings. The second kappa shape index (κ2) is 8.98. The number of hydrogen-bond donors (Lipinski definition) is 0. The number of para-hydroxylation sites is 1. The second-order valence-corrected chi connectivity index (χ2v) is 9.02. The maximum atomic E-state index is 13.4. The number of aromatic nitrogens is 3. The maximum absolute atomic E-state index is 13.4. The van der Waals surface area contributed by atoms with Crippen LogP contribution in [0.4, 0.5) is 5.13 Å². The van der Waals surface area contributed by atoms with Gasteiger partial charge in [-0.05, 0) is 42.2 Å². The van der Waals surface area contributed by atoms with Gasteiger partial charge in [-0.2, -0.15) is 5.10 Å². The van der Waals surface area contributed by atoms with E-state index in [1.165, 1.54) is 11.3 Å². The van der Waals surface area contributed by atoms with Gasteiger partial charge in [0.2, 0.25) is 0 Å².